The summed E-state index contributed by atoms with van der Waals surface area (Å²) in [5.41, 5.74) is 6.00. The molecule has 0 aliphatic carbocycles. The normalized spacial score (nSPS) is 19.9. The zero-order valence-corrected chi connectivity index (χ0v) is 24.4. The highest BCUT2D eigenvalue weighted by atomic mass is 32.2. The number of hydrogen-bond acceptors (Lipinski definition) is 6. The van der Waals surface area contributed by atoms with E-state index in [-0.39, 0.29) is 40.9 Å². The van der Waals surface area contributed by atoms with Gasteiger partial charge in [-0.15, -0.1) is 11.8 Å². The highest BCUT2D eigenvalue weighted by Gasteiger charge is 2.40. The molecule has 3 aromatic rings. The molecule has 2 aliphatic heterocycles. The summed E-state index contributed by atoms with van der Waals surface area (Å²) in [5.74, 6) is 0.699. The van der Waals surface area contributed by atoms with Gasteiger partial charge >= 0.3 is 0 Å². The smallest absolute Gasteiger partial charge is 0.240 e. The molecular weight excluding hydrogens is 516 g/mol. The Bertz CT molecular complexity index is 1320. The average Bonchev–Trinajstić information content (AvgIpc) is 3.63. The molecule has 202 valence electrons. The minimum absolute atomic E-state index is 0.0424. The fourth-order valence-electron chi connectivity index (χ4n) is 5.13. The number of fused-ring (bicyclic) bond motifs is 1. The van der Waals surface area contributed by atoms with Crippen molar-refractivity contribution in [2.45, 2.75) is 64.2 Å². The number of hydrogen-bond donors (Lipinski definition) is 1. The molecule has 2 aromatic heterocycles. The van der Waals surface area contributed by atoms with Gasteiger partial charge in [-0.1, -0.05) is 32.9 Å². The highest BCUT2D eigenvalue weighted by Crippen LogP contribution is 2.49. The average molecular weight is 553 g/mol. The zero-order valence-electron chi connectivity index (χ0n) is 22.7. The Labute approximate surface area is 232 Å². The molecule has 0 spiro atoms. The van der Waals surface area contributed by atoms with Gasteiger partial charge in [0, 0.05) is 24.1 Å². The molecule has 0 bridgehead atoms. The second-order valence-electron chi connectivity index (χ2n) is 11.1. The molecule has 2 atom stereocenters. The van der Waals surface area contributed by atoms with E-state index in [0.29, 0.717) is 12.4 Å². The first-order valence-corrected chi connectivity index (χ1v) is 15.2. The van der Waals surface area contributed by atoms with E-state index in [1.807, 2.05) is 16.8 Å². The first kappa shape index (κ1) is 27.0. The van der Waals surface area contributed by atoms with Crippen LogP contribution in [0.2, 0.25) is 0 Å². The van der Waals surface area contributed by atoms with Gasteiger partial charge in [0.1, 0.15) is 12.4 Å². The van der Waals surface area contributed by atoms with Crippen molar-refractivity contribution >= 4 is 40.7 Å². The molecule has 9 heteroatoms. The summed E-state index contributed by atoms with van der Waals surface area (Å²) in [7, 11) is 0. The van der Waals surface area contributed by atoms with Crippen molar-refractivity contribution in [3.05, 3.63) is 63.0 Å². The molecule has 7 nitrogen and oxygen atoms in total. The number of rotatable bonds is 6. The summed E-state index contributed by atoms with van der Waals surface area (Å²) in [6.45, 7) is 11.8. The second kappa shape index (κ2) is 10.9. The Kier molecular flexibility index (Phi) is 7.71. The number of thioether (sulfide) groups is 1. The van der Waals surface area contributed by atoms with Crippen LogP contribution in [-0.2, 0) is 19.7 Å². The van der Waals surface area contributed by atoms with Crippen molar-refractivity contribution in [3.63, 3.8) is 0 Å². The number of thiophene rings is 1. The van der Waals surface area contributed by atoms with E-state index in [2.05, 4.69) is 62.8 Å². The van der Waals surface area contributed by atoms with Gasteiger partial charge in [0.2, 0.25) is 11.8 Å². The van der Waals surface area contributed by atoms with Gasteiger partial charge in [0.15, 0.2) is 0 Å². The lowest BCUT2D eigenvalue weighted by Gasteiger charge is -2.25. The van der Waals surface area contributed by atoms with Crippen LogP contribution in [0.25, 0.3) is 5.69 Å². The van der Waals surface area contributed by atoms with Gasteiger partial charge in [0.25, 0.3) is 0 Å². The quantitative estimate of drug-likeness (QED) is 0.448. The van der Waals surface area contributed by atoms with Crippen LogP contribution in [0.15, 0.2) is 35.0 Å². The Hall–Kier alpha value is -2.62. The van der Waals surface area contributed by atoms with Gasteiger partial charge in [-0.05, 0) is 66.3 Å². The largest absolute Gasteiger partial charge is 0.376 e. The summed E-state index contributed by atoms with van der Waals surface area (Å²) >= 11 is 3.27. The van der Waals surface area contributed by atoms with Crippen LogP contribution in [0.4, 0.5) is 5.82 Å². The first-order valence-electron chi connectivity index (χ1n) is 13.2. The molecule has 0 radical (unpaired) electrons. The highest BCUT2D eigenvalue weighted by molar-refractivity contribution is 8.00. The van der Waals surface area contributed by atoms with Crippen LogP contribution in [0.3, 0.4) is 0 Å². The predicted molar refractivity (Wildman–Crippen MR) is 155 cm³/mol. The van der Waals surface area contributed by atoms with E-state index in [1.54, 1.807) is 28.0 Å². The Balaban J connectivity index is 1.66. The maximum atomic E-state index is 13.7. The fraction of sp³-hybridized carbons (Fsp3) is 0.483. The van der Waals surface area contributed by atoms with Crippen molar-refractivity contribution in [1.29, 1.82) is 0 Å². The van der Waals surface area contributed by atoms with Crippen LogP contribution in [0, 0.1) is 13.8 Å². The van der Waals surface area contributed by atoms with Crippen LogP contribution in [-0.4, -0.2) is 53.1 Å². The lowest BCUT2D eigenvalue weighted by atomic mass is 9.87. The topological polar surface area (TPSA) is 76.5 Å². The maximum Gasteiger partial charge on any atom is 0.240 e. The molecule has 2 amide bonds. The van der Waals surface area contributed by atoms with E-state index in [0.717, 1.165) is 53.1 Å². The number of ether oxygens (including phenoxy) is 1. The molecule has 1 fully saturated rings. The van der Waals surface area contributed by atoms with Crippen LogP contribution >= 0.6 is 23.1 Å². The Morgan fingerprint density at radius 3 is 2.74 bits per heavy atom. The van der Waals surface area contributed by atoms with Gasteiger partial charge in [-0.25, -0.2) is 4.68 Å². The molecular formula is C29H36N4O3S2. The number of nitrogens with zero attached hydrogens (tertiary/aromatic N) is 3. The predicted octanol–water partition coefficient (Wildman–Crippen LogP) is 5.31. The fourth-order valence-corrected chi connectivity index (χ4v) is 7.09. The number of anilines is 1. The zero-order chi connectivity index (χ0) is 27.0. The van der Waals surface area contributed by atoms with Gasteiger partial charge < -0.3 is 10.1 Å². The summed E-state index contributed by atoms with van der Waals surface area (Å²) in [4.78, 5) is 28.6. The molecule has 5 rings (SSSR count). The first-order chi connectivity index (χ1) is 18.1. The number of benzene rings is 1. The summed E-state index contributed by atoms with van der Waals surface area (Å²) < 4.78 is 7.59. The standard InChI is InChI=1S/C29H36N4O3S2/c1-18-8-6-10-22(19(18)2)33-28-25(27(31-33)29(3,4)5)26(20-11-13-37-16-20)38-17-24(35)32(28)15-23(34)30-14-21-9-7-12-36-21/h6,8,10-11,13,16,21,26H,7,9,12,14-15,17H2,1-5H3,(H,30,34). The van der Waals surface area contributed by atoms with E-state index < -0.39 is 0 Å². The third-order valence-electron chi connectivity index (χ3n) is 7.30. The monoisotopic (exact) mass is 552 g/mol. The minimum Gasteiger partial charge on any atom is -0.376 e. The number of carbonyl (C=O) groups excluding carboxylic acids is 2. The maximum absolute atomic E-state index is 13.7. The third-order valence-corrected chi connectivity index (χ3v) is 9.26. The van der Waals surface area contributed by atoms with E-state index >= 15 is 0 Å². The molecule has 1 N–H and O–H groups in total. The van der Waals surface area contributed by atoms with Crippen molar-refractivity contribution in [2.24, 2.45) is 0 Å². The molecule has 38 heavy (non-hydrogen) atoms. The van der Waals surface area contributed by atoms with E-state index in [9.17, 15) is 9.59 Å². The van der Waals surface area contributed by atoms with Crippen molar-refractivity contribution < 1.29 is 14.3 Å². The number of aromatic nitrogens is 2. The van der Waals surface area contributed by atoms with Crippen molar-refractivity contribution in [1.82, 2.24) is 15.1 Å². The second-order valence-corrected chi connectivity index (χ2v) is 13.0. The number of nitrogens with one attached hydrogen (secondary N) is 1. The van der Waals surface area contributed by atoms with E-state index in [4.69, 9.17) is 9.84 Å². The van der Waals surface area contributed by atoms with E-state index in [1.165, 1.54) is 0 Å². The number of aryl methyl sites for hydroxylation is 1. The Morgan fingerprint density at radius 1 is 1.24 bits per heavy atom. The van der Waals surface area contributed by atoms with Crippen LogP contribution in [0.5, 0.6) is 0 Å². The Morgan fingerprint density at radius 2 is 2.05 bits per heavy atom. The molecule has 2 aliphatic rings. The van der Waals surface area contributed by atoms with Crippen LogP contribution < -0.4 is 10.2 Å². The third kappa shape index (κ3) is 5.28. The number of carbonyl (C=O) groups is 2. The van der Waals surface area contributed by atoms with Gasteiger partial charge in [-0.3, -0.25) is 14.5 Å². The van der Waals surface area contributed by atoms with Crippen molar-refractivity contribution in [2.75, 3.05) is 30.3 Å². The van der Waals surface area contributed by atoms with Gasteiger partial charge in [0.05, 0.1) is 28.5 Å². The SMILES string of the molecule is Cc1cccc(-n2nc(C(C)(C)C)c3c2N(CC(=O)NCC2CCCO2)C(=O)CSC3c2ccsc2)c1C. The minimum atomic E-state index is -0.275. The molecule has 2 unspecified atom stereocenters. The number of amides is 2. The van der Waals surface area contributed by atoms with Crippen LogP contribution in [0.1, 0.15) is 66.8 Å². The molecule has 0 saturated carbocycles. The summed E-state index contributed by atoms with van der Waals surface area (Å²) in [6, 6.07) is 8.27. The lowest BCUT2D eigenvalue weighted by molar-refractivity contribution is -0.123. The molecule has 1 aromatic carbocycles. The summed E-state index contributed by atoms with van der Waals surface area (Å²) in [6.07, 6.45) is 2.00. The summed E-state index contributed by atoms with van der Waals surface area (Å²) in [5, 5.41) is 12.4. The van der Waals surface area contributed by atoms with Crippen molar-refractivity contribution in [3.8, 4) is 5.69 Å². The molecule has 4 heterocycles. The van der Waals surface area contributed by atoms with Gasteiger partial charge in [-0.2, -0.15) is 16.4 Å². The molecule has 1 saturated heterocycles. The lowest BCUT2D eigenvalue weighted by Crippen LogP contribution is -2.44.